The molecule has 1 fully saturated rings. The zero-order valence-corrected chi connectivity index (χ0v) is 8.25. The minimum Gasteiger partial charge on any atom is -0.340 e. The van der Waals surface area contributed by atoms with Crippen LogP contribution in [-0.4, -0.2) is 18.2 Å². The molecule has 0 spiro atoms. The normalized spacial score (nSPS) is 21.3. The van der Waals surface area contributed by atoms with Gasteiger partial charge < -0.3 is 14.7 Å². The zero-order chi connectivity index (χ0) is 9.38. The molecule has 0 saturated carbocycles. The topological polar surface area (TPSA) is 41.3 Å². The fraction of sp³-hybridized carbons (Fsp3) is 0.700. The summed E-state index contributed by atoms with van der Waals surface area (Å²) in [6.45, 7) is 4.04. The summed E-state index contributed by atoms with van der Waals surface area (Å²) in [7, 11) is 0. The Morgan fingerprint density at radius 1 is 1.14 bits per heavy atom. The van der Waals surface area contributed by atoms with E-state index in [1.807, 2.05) is 0 Å². The lowest BCUT2D eigenvalue weighted by atomic mass is 10.1. The molecule has 3 heterocycles. The number of nitrogens with one attached hydrogen (secondary N) is 1. The summed E-state index contributed by atoms with van der Waals surface area (Å²) in [5.74, 6) is 1.02. The molecule has 1 N–H and O–H groups in total. The molecule has 1 saturated heterocycles. The molecular weight excluding hydrogens is 178 g/mol. The number of nitrogens with zero attached hydrogens (tertiary/aromatic N) is 2. The van der Waals surface area contributed by atoms with Crippen molar-refractivity contribution in [3.8, 4) is 0 Å². The molecule has 76 valence electrons. The second-order valence-electron chi connectivity index (χ2n) is 4.06. The first-order valence-electron chi connectivity index (χ1n) is 5.38. The van der Waals surface area contributed by atoms with Gasteiger partial charge in [-0.1, -0.05) is 5.16 Å². The van der Waals surface area contributed by atoms with Gasteiger partial charge in [0, 0.05) is 26.2 Å². The van der Waals surface area contributed by atoms with Crippen molar-refractivity contribution in [1.29, 1.82) is 0 Å². The predicted molar refractivity (Wildman–Crippen MR) is 53.1 cm³/mol. The van der Waals surface area contributed by atoms with Crippen LogP contribution in [0.2, 0.25) is 0 Å². The molecule has 0 aliphatic carbocycles. The molecule has 0 amide bonds. The number of hydrogen-bond donors (Lipinski definition) is 1. The van der Waals surface area contributed by atoms with Gasteiger partial charge >= 0.3 is 0 Å². The van der Waals surface area contributed by atoms with Gasteiger partial charge in [-0.2, -0.15) is 0 Å². The van der Waals surface area contributed by atoms with E-state index in [2.05, 4.69) is 15.4 Å². The molecule has 4 nitrogen and oxygen atoms in total. The van der Waals surface area contributed by atoms with E-state index in [1.54, 1.807) is 0 Å². The first-order valence-corrected chi connectivity index (χ1v) is 5.38. The molecule has 1 aromatic rings. The Balaban J connectivity index is 1.88. The number of anilines is 1. The van der Waals surface area contributed by atoms with Crippen LogP contribution in [0.25, 0.3) is 0 Å². The summed E-state index contributed by atoms with van der Waals surface area (Å²) in [6, 6.07) is 0. The predicted octanol–water partition coefficient (Wildman–Crippen LogP) is 1.27. The maximum absolute atomic E-state index is 5.41. The molecule has 1 aromatic heterocycles. The van der Waals surface area contributed by atoms with E-state index in [0.29, 0.717) is 0 Å². The molecular formula is C10H15N3O. The van der Waals surface area contributed by atoms with E-state index in [0.717, 1.165) is 37.8 Å². The molecule has 2 aliphatic rings. The highest BCUT2D eigenvalue weighted by Crippen LogP contribution is 2.29. The van der Waals surface area contributed by atoms with Crippen LogP contribution in [-0.2, 0) is 13.1 Å². The third-order valence-corrected chi connectivity index (χ3v) is 3.09. The Morgan fingerprint density at radius 2 is 2.00 bits per heavy atom. The average Bonchev–Trinajstić information content (AvgIpc) is 2.79. The van der Waals surface area contributed by atoms with E-state index in [-0.39, 0.29) is 0 Å². The fourth-order valence-corrected chi connectivity index (χ4v) is 2.30. The van der Waals surface area contributed by atoms with Crippen molar-refractivity contribution in [1.82, 2.24) is 10.5 Å². The lowest BCUT2D eigenvalue weighted by Crippen LogP contribution is -2.29. The first kappa shape index (κ1) is 8.29. The summed E-state index contributed by atoms with van der Waals surface area (Å²) < 4.78 is 5.41. The van der Waals surface area contributed by atoms with Gasteiger partial charge in [-0.15, -0.1) is 0 Å². The van der Waals surface area contributed by atoms with Gasteiger partial charge in [0.15, 0.2) is 0 Å². The lowest BCUT2D eigenvalue weighted by molar-refractivity contribution is 0.393. The SMILES string of the molecule is C1CCN(c2onc3c2CNC3)CC1. The number of piperidine rings is 1. The largest absolute Gasteiger partial charge is 0.340 e. The quantitative estimate of drug-likeness (QED) is 0.729. The van der Waals surface area contributed by atoms with E-state index < -0.39 is 0 Å². The van der Waals surface area contributed by atoms with Gasteiger partial charge in [-0.25, -0.2) is 0 Å². The fourth-order valence-electron chi connectivity index (χ4n) is 2.30. The van der Waals surface area contributed by atoms with Crippen molar-refractivity contribution < 1.29 is 4.52 Å². The van der Waals surface area contributed by atoms with Crippen LogP contribution in [0, 0.1) is 0 Å². The van der Waals surface area contributed by atoms with Gasteiger partial charge in [-0.3, -0.25) is 0 Å². The van der Waals surface area contributed by atoms with Gasteiger partial charge in [0.1, 0.15) is 5.69 Å². The second-order valence-corrected chi connectivity index (χ2v) is 4.06. The number of aromatic nitrogens is 1. The van der Waals surface area contributed by atoms with Crippen LogP contribution < -0.4 is 10.2 Å². The maximum Gasteiger partial charge on any atom is 0.232 e. The summed E-state index contributed by atoms with van der Waals surface area (Å²) in [4.78, 5) is 2.34. The van der Waals surface area contributed by atoms with Crippen molar-refractivity contribution in [3.63, 3.8) is 0 Å². The Morgan fingerprint density at radius 3 is 2.86 bits per heavy atom. The number of rotatable bonds is 1. The minimum absolute atomic E-state index is 0.868. The minimum atomic E-state index is 0.868. The van der Waals surface area contributed by atoms with Crippen molar-refractivity contribution in [2.24, 2.45) is 0 Å². The van der Waals surface area contributed by atoms with Crippen LogP contribution in [0.4, 0.5) is 5.88 Å². The smallest absolute Gasteiger partial charge is 0.232 e. The van der Waals surface area contributed by atoms with Crippen LogP contribution in [0.3, 0.4) is 0 Å². The van der Waals surface area contributed by atoms with Crippen LogP contribution in [0.15, 0.2) is 4.52 Å². The van der Waals surface area contributed by atoms with Crippen molar-refractivity contribution >= 4 is 5.88 Å². The highest BCUT2D eigenvalue weighted by atomic mass is 16.5. The Labute approximate surface area is 83.2 Å². The van der Waals surface area contributed by atoms with E-state index in [9.17, 15) is 0 Å². The molecule has 0 atom stereocenters. The molecule has 2 aliphatic heterocycles. The lowest BCUT2D eigenvalue weighted by Gasteiger charge is -2.26. The van der Waals surface area contributed by atoms with E-state index >= 15 is 0 Å². The summed E-state index contributed by atoms with van der Waals surface area (Å²) in [6.07, 6.45) is 3.91. The molecule has 0 bridgehead atoms. The second kappa shape index (κ2) is 3.28. The van der Waals surface area contributed by atoms with Gasteiger partial charge in [0.25, 0.3) is 0 Å². The zero-order valence-electron chi connectivity index (χ0n) is 8.25. The van der Waals surface area contributed by atoms with Gasteiger partial charge in [0.2, 0.25) is 5.88 Å². The number of fused-ring (bicyclic) bond motifs is 1. The Bertz CT molecular complexity index is 328. The van der Waals surface area contributed by atoms with E-state index in [4.69, 9.17) is 4.52 Å². The first-order chi connectivity index (χ1) is 6.95. The standard InChI is InChI=1S/C10H15N3O/c1-2-4-13(5-3-1)10-8-6-11-7-9(8)12-14-10/h11H,1-7H2. The monoisotopic (exact) mass is 193 g/mol. The maximum atomic E-state index is 5.41. The summed E-state index contributed by atoms with van der Waals surface area (Å²) in [5, 5.41) is 7.39. The molecule has 0 aromatic carbocycles. The third kappa shape index (κ3) is 1.21. The third-order valence-electron chi connectivity index (χ3n) is 3.09. The van der Waals surface area contributed by atoms with E-state index in [1.165, 1.54) is 24.8 Å². The molecule has 4 heteroatoms. The highest BCUT2D eigenvalue weighted by Gasteiger charge is 2.25. The summed E-state index contributed by atoms with van der Waals surface area (Å²) >= 11 is 0. The Hall–Kier alpha value is -1.03. The van der Waals surface area contributed by atoms with Crippen LogP contribution >= 0.6 is 0 Å². The summed E-state index contributed by atoms with van der Waals surface area (Å²) in [5.41, 5.74) is 2.39. The highest BCUT2D eigenvalue weighted by molar-refractivity contribution is 5.48. The number of hydrogen-bond acceptors (Lipinski definition) is 4. The van der Waals surface area contributed by atoms with Crippen LogP contribution in [0.5, 0.6) is 0 Å². The molecule has 0 unspecified atom stereocenters. The molecule has 14 heavy (non-hydrogen) atoms. The van der Waals surface area contributed by atoms with Crippen molar-refractivity contribution in [2.45, 2.75) is 32.4 Å². The van der Waals surface area contributed by atoms with Crippen molar-refractivity contribution in [3.05, 3.63) is 11.3 Å². The van der Waals surface area contributed by atoms with Crippen LogP contribution in [0.1, 0.15) is 30.5 Å². The average molecular weight is 193 g/mol. The van der Waals surface area contributed by atoms with Gasteiger partial charge in [-0.05, 0) is 19.3 Å². The van der Waals surface area contributed by atoms with Gasteiger partial charge in [0.05, 0.1) is 5.56 Å². The Kier molecular flexibility index (Phi) is 1.94. The molecule has 0 radical (unpaired) electrons. The molecule has 3 rings (SSSR count). The van der Waals surface area contributed by atoms with Crippen molar-refractivity contribution in [2.75, 3.05) is 18.0 Å².